The summed E-state index contributed by atoms with van der Waals surface area (Å²) in [6.45, 7) is 0.678. The molecule has 1 unspecified atom stereocenters. The molecule has 1 fully saturated rings. The van der Waals surface area contributed by atoms with Crippen LogP contribution < -0.4 is 5.73 Å². The molecule has 1 aromatic carbocycles. The Balaban J connectivity index is 1.84. The minimum absolute atomic E-state index is 0.0725. The molecule has 0 radical (unpaired) electrons. The molecule has 3 N–H and O–H groups in total. The molecule has 1 saturated heterocycles. The summed E-state index contributed by atoms with van der Waals surface area (Å²) in [7, 11) is 0. The van der Waals surface area contributed by atoms with Crippen molar-refractivity contribution < 1.29 is 19.4 Å². The maximum absolute atomic E-state index is 12.5. The van der Waals surface area contributed by atoms with Gasteiger partial charge >= 0.3 is 5.97 Å². The second-order valence-electron chi connectivity index (χ2n) is 6.17. The summed E-state index contributed by atoms with van der Waals surface area (Å²) in [6, 6.07) is 8.22. The zero-order valence-electron chi connectivity index (χ0n) is 13.9. The maximum atomic E-state index is 12.5. The Morgan fingerprint density at radius 1 is 1.25 bits per heavy atom. The highest BCUT2D eigenvalue weighted by atomic mass is 16.5. The van der Waals surface area contributed by atoms with E-state index in [9.17, 15) is 14.7 Å². The van der Waals surface area contributed by atoms with Crippen LogP contribution in [-0.2, 0) is 20.9 Å². The molecule has 1 amide bonds. The molecule has 2 atom stereocenters. The number of benzene rings is 1. The van der Waals surface area contributed by atoms with E-state index >= 15 is 0 Å². The molecule has 0 aromatic heterocycles. The topological polar surface area (TPSA) is 92.9 Å². The summed E-state index contributed by atoms with van der Waals surface area (Å²) >= 11 is 0. The van der Waals surface area contributed by atoms with Gasteiger partial charge < -0.3 is 20.5 Å². The van der Waals surface area contributed by atoms with Gasteiger partial charge in [0, 0.05) is 6.54 Å². The Morgan fingerprint density at radius 3 is 2.71 bits per heavy atom. The first kappa shape index (κ1) is 18.4. The van der Waals surface area contributed by atoms with Gasteiger partial charge in [-0.05, 0) is 18.4 Å². The molecule has 0 spiro atoms. The number of rotatable bonds is 6. The molecular formula is C18H26N2O4. The number of carbonyl (C=O) groups is 2. The second kappa shape index (κ2) is 9.39. The summed E-state index contributed by atoms with van der Waals surface area (Å²) in [5.74, 6) is -0.775. The third-order valence-corrected chi connectivity index (χ3v) is 4.32. The standard InChI is InChI=1S/C18H26N2O4/c19-16(11-17(22)24-13-14-7-3-1-4-8-14)18(23)20-10-6-2-5-9-15(20)12-21/h1,3-4,7-8,15-16,21H,2,5-6,9-13,19H2/t15?,16-/m0/s1. The lowest BCUT2D eigenvalue weighted by atomic mass is 10.1. The Hall–Kier alpha value is -1.92. The minimum Gasteiger partial charge on any atom is -0.461 e. The predicted molar refractivity (Wildman–Crippen MR) is 89.9 cm³/mol. The first-order chi connectivity index (χ1) is 11.6. The van der Waals surface area contributed by atoms with Gasteiger partial charge in [0.25, 0.3) is 0 Å². The number of aliphatic hydroxyl groups is 1. The van der Waals surface area contributed by atoms with Crippen molar-refractivity contribution in [2.24, 2.45) is 5.73 Å². The number of nitrogens with two attached hydrogens (primary N) is 1. The van der Waals surface area contributed by atoms with E-state index in [4.69, 9.17) is 10.5 Å². The second-order valence-corrected chi connectivity index (χ2v) is 6.17. The number of hydrogen-bond donors (Lipinski definition) is 2. The largest absolute Gasteiger partial charge is 0.461 e. The average molecular weight is 334 g/mol. The van der Waals surface area contributed by atoms with Gasteiger partial charge in [-0.15, -0.1) is 0 Å². The Labute approximate surface area is 142 Å². The van der Waals surface area contributed by atoms with Gasteiger partial charge in [-0.1, -0.05) is 43.2 Å². The van der Waals surface area contributed by atoms with Gasteiger partial charge in [0.15, 0.2) is 0 Å². The van der Waals surface area contributed by atoms with Crippen molar-refractivity contribution in [3.05, 3.63) is 35.9 Å². The number of esters is 1. The predicted octanol–water partition coefficient (Wildman–Crippen LogP) is 1.21. The van der Waals surface area contributed by atoms with Gasteiger partial charge in [-0.25, -0.2) is 0 Å². The van der Waals surface area contributed by atoms with Crippen LogP contribution in [0.1, 0.15) is 37.7 Å². The highest BCUT2D eigenvalue weighted by molar-refractivity contribution is 5.86. The first-order valence-electron chi connectivity index (χ1n) is 8.48. The number of hydrogen-bond acceptors (Lipinski definition) is 5. The highest BCUT2D eigenvalue weighted by Gasteiger charge is 2.29. The fourth-order valence-electron chi connectivity index (χ4n) is 2.93. The molecule has 0 saturated carbocycles. The molecular weight excluding hydrogens is 308 g/mol. The van der Waals surface area contributed by atoms with Crippen LogP contribution in [0.15, 0.2) is 30.3 Å². The molecule has 1 aliphatic rings. The molecule has 132 valence electrons. The SMILES string of the molecule is N[C@@H](CC(=O)OCc1ccccc1)C(=O)N1CCCCCC1CO. The van der Waals surface area contributed by atoms with Gasteiger partial charge in [0.05, 0.1) is 25.1 Å². The van der Waals surface area contributed by atoms with Crippen LogP contribution in [0.2, 0.25) is 0 Å². The monoisotopic (exact) mass is 334 g/mol. The zero-order valence-corrected chi connectivity index (χ0v) is 13.9. The fourth-order valence-corrected chi connectivity index (χ4v) is 2.93. The van der Waals surface area contributed by atoms with Crippen molar-refractivity contribution in [1.82, 2.24) is 4.90 Å². The Kier molecular flexibility index (Phi) is 7.21. The third-order valence-electron chi connectivity index (χ3n) is 4.32. The number of likely N-dealkylation sites (tertiary alicyclic amines) is 1. The fraction of sp³-hybridized carbons (Fsp3) is 0.556. The molecule has 24 heavy (non-hydrogen) atoms. The molecule has 2 rings (SSSR count). The summed E-state index contributed by atoms with van der Waals surface area (Å²) in [4.78, 5) is 26.0. The normalized spacial score (nSPS) is 19.4. The van der Waals surface area contributed by atoms with E-state index in [0.29, 0.717) is 6.54 Å². The van der Waals surface area contributed by atoms with Crippen molar-refractivity contribution in [3.63, 3.8) is 0 Å². The van der Waals surface area contributed by atoms with E-state index < -0.39 is 12.0 Å². The third kappa shape index (κ3) is 5.32. The summed E-state index contributed by atoms with van der Waals surface area (Å²) < 4.78 is 5.18. The summed E-state index contributed by atoms with van der Waals surface area (Å²) in [5, 5.41) is 9.48. The minimum atomic E-state index is -0.930. The highest BCUT2D eigenvalue weighted by Crippen LogP contribution is 2.18. The summed E-state index contributed by atoms with van der Waals surface area (Å²) in [6.07, 6.45) is 3.54. The van der Waals surface area contributed by atoms with Crippen molar-refractivity contribution in [2.45, 2.75) is 50.8 Å². The van der Waals surface area contributed by atoms with Crippen LogP contribution in [0.3, 0.4) is 0 Å². The van der Waals surface area contributed by atoms with Gasteiger partial charge in [0.2, 0.25) is 5.91 Å². The van der Waals surface area contributed by atoms with Gasteiger partial charge in [-0.2, -0.15) is 0 Å². The van der Waals surface area contributed by atoms with E-state index in [2.05, 4.69) is 0 Å². The van der Waals surface area contributed by atoms with Gasteiger partial charge in [0.1, 0.15) is 6.61 Å². The van der Waals surface area contributed by atoms with E-state index in [-0.39, 0.29) is 31.6 Å². The Morgan fingerprint density at radius 2 is 2.00 bits per heavy atom. The lowest BCUT2D eigenvalue weighted by Crippen LogP contribution is -2.50. The van der Waals surface area contributed by atoms with Crippen molar-refractivity contribution in [3.8, 4) is 0 Å². The average Bonchev–Trinajstić information content (AvgIpc) is 2.85. The summed E-state index contributed by atoms with van der Waals surface area (Å²) in [5.41, 5.74) is 6.80. The molecule has 6 nitrogen and oxygen atoms in total. The van der Waals surface area contributed by atoms with E-state index in [1.165, 1.54) is 0 Å². The van der Waals surface area contributed by atoms with E-state index in [1.807, 2.05) is 30.3 Å². The lowest BCUT2D eigenvalue weighted by molar-refractivity contribution is -0.148. The van der Waals surface area contributed by atoms with Crippen LogP contribution >= 0.6 is 0 Å². The number of carbonyl (C=O) groups excluding carboxylic acids is 2. The zero-order chi connectivity index (χ0) is 17.4. The molecule has 1 aliphatic heterocycles. The van der Waals surface area contributed by atoms with Crippen LogP contribution in [0, 0.1) is 0 Å². The Bertz CT molecular complexity index is 535. The van der Waals surface area contributed by atoms with Crippen LogP contribution in [0.5, 0.6) is 0 Å². The molecule has 0 bridgehead atoms. The molecule has 6 heteroatoms. The number of aliphatic hydroxyl groups excluding tert-OH is 1. The maximum Gasteiger partial charge on any atom is 0.308 e. The smallest absolute Gasteiger partial charge is 0.308 e. The van der Waals surface area contributed by atoms with Crippen molar-refractivity contribution in [2.75, 3.05) is 13.2 Å². The first-order valence-corrected chi connectivity index (χ1v) is 8.48. The van der Waals surface area contributed by atoms with Crippen molar-refractivity contribution >= 4 is 11.9 Å². The van der Waals surface area contributed by atoms with E-state index in [0.717, 1.165) is 31.2 Å². The molecule has 0 aliphatic carbocycles. The van der Waals surface area contributed by atoms with Gasteiger partial charge in [-0.3, -0.25) is 9.59 Å². The van der Waals surface area contributed by atoms with Crippen molar-refractivity contribution in [1.29, 1.82) is 0 Å². The molecule has 1 aromatic rings. The van der Waals surface area contributed by atoms with Crippen LogP contribution in [0.4, 0.5) is 0 Å². The number of amides is 1. The van der Waals surface area contributed by atoms with E-state index in [1.54, 1.807) is 4.90 Å². The van der Waals surface area contributed by atoms with Crippen LogP contribution in [0.25, 0.3) is 0 Å². The molecule has 1 heterocycles. The quantitative estimate of drug-likeness (QED) is 0.763. The van der Waals surface area contributed by atoms with Crippen LogP contribution in [-0.4, -0.2) is 47.1 Å². The lowest BCUT2D eigenvalue weighted by Gasteiger charge is -2.30. The number of nitrogens with zero attached hydrogens (tertiary/aromatic N) is 1. The number of ether oxygens (including phenoxy) is 1.